The zero-order chi connectivity index (χ0) is 47.7. The third-order valence-corrected chi connectivity index (χ3v) is 13.6. The van der Waals surface area contributed by atoms with Crippen LogP contribution in [-0.4, -0.2) is 9.55 Å². The molecule has 0 atom stereocenters. The molecule has 68 heavy (non-hydrogen) atoms. The number of para-hydroxylation sites is 1. The Morgan fingerprint density at radius 2 is 1.04 bits per heavy atom. The Hall–Kier alpha value is -5.90. The van der Waals surface area contributed by atoms with Gasteiger partial charge in [0, 0.05) is 83.0 Å². The average Bonchev–Trinajstić information content (AvgIpc) is 3.88. The third-order valence-electron chi connectivity index (χ3n) is 13.6. The molecule has 6 heteroatoms. The first kappa shape index (κ1) is 48.6. The van der Waals surface area contributed by atoms with E-state index in [1.54, 1.807) is 0 Å². The van der Waals surface area contributed by atoms with Crippen molar-refractivity contribution < 1.29 is 25.8 Å². The van der Waals surface area contributed by atoms with Crippen molar-refractivity contribution >= 4 is 33.2 Å². The van der Waals surface area contributed by atoms with E-state index in [1.807, 2.05) is 12.3 Å². The molecule has 1 aliphatic rings. The van der Waals surface area contributed by atoms with Gasteiger partial charge in [-0.05, 0) is 63.4 Å². The van der Waals surface area contributed by atoms with Gasteiger partial charge in [0.25, 0.3) is 0 Å². The van der Waals surface area contributed by atoms with Crippen LogP contribution in [0, 0.1) is 29.6 Å². The number of allylic oxidation sites excluding steroid dienone is 2. The van der Waals surface area contributed by atoms with Gasteiger partial charge in [0.05, 0.1) is 0 Å². The molecule has 0 unspecified atom stereocenters. The first-order chi connectivity index (χ1) is 31.6. The van der Waals surface area contributed by atoms with Gasteiger partial charge in [-0.25, -0.2) is 4.98 Å². The summed E-state index contributed by atoms with van der Waals surface area (Å²) in [4.78, 5) is 9.75. The molecular weight excluding hydrogens is 1010 g/mol. The van der Waals surface area contributed by atoms with Gasteiger partial charge in [-0.2, -0.15) is 6.07 Å². The van der Waals surface area contributed by atoms with Crippen molar-refractivity contribution in [2.24, 2.45) is 10.8 Å². The number of fused-ring (bicyclic) bond motifs is 3. The molecule has 6 aromatic carbocycles. The predicted octanol–water partition coefficient (Wildman–Crippen LogP) is 16.3. The van der Waals surface area contributed by atoms with Gasteiger partial charge in [-0.1, -0.05) is 187 Å². The van der Waals surface area contributed by atoms with Gasteiger partial charge in [0.1, 0.15) is 5.82 Å². The largest absolute Gasteiger partial charge is 0.509 e. The predicted molar refractivity (Wildman–Crippen MR) is 280 cm³/mol. The summed E-state index contributed by atoms with van der Waals surface area (Å²) in [6.45, 7) is 32.1. The molecule has 0 fully saturated rings. The van der Waals surface area contributed by atoms with Crippen LogP contribution >= 0.6 is 0 Å². The summed E-state index contributed by atoms with van der Waals surface area (Å²) in [5.41, 5.74) is 11.6. The molecule has 0 bridgehead atoms. The van der Waals surface area contributed by atoms with Crippen LogP contribution in [0.15, 0.2) is 163 Å². The molecule has 2 aromatic heterocycles. The molecule has 3 heterocycles. The van der Waals surface area contributed by atoms with E-state index in [-0.39, 0.29) is 48.1 Å². The fourth-order valence-corrected chi connectivity index (χ4v) is 9.72. The van der Waals surface area contributed by atoms with Crippen molar-refractivity contribution in [3.05, 3.63) is 210 Å². The van der Waals surface area contributed by atoms with Gasteiger partial charge in [0.15, 0.2) is 0 Å². The number of benzene rings is 6. The number of ether oxygens (including phenoxy) is 1. The smallest absolute Gasteiger partial charge is 0.135 e. The van der Waals surface area contributed by atoms with Gasteiger partial charge < -0.3 is 19.1 Å². The zero-order valence-corrected chi connectivity index (χ0v) is 44.3. The second-order valence-electron chi connectivity index (χ2n) is 22.4. The molecule has 352 valence electrons. The molecular formula is C62H65N4OPt-3. The summed E-state index contributed by atoms with van der Waals surface area (Å²) in [5, 5.41) is 2.22. The maximum Gasteiger partial charge on any atom is 0.135 e. The second kappa shape index (κ2) is 17.9. The minimum Gasteiger partial charge on any atom is -0.509 e. The Morgan fingerprint density at radius 3 is 1.66 bits per heavy atom. The van der Waals surface area contributed by atoms with Crippen molar-refractivity contribution in [1.29, 1.82) is 0 Å². The number of pyridine rings is 1. The van der Waals surface area contributed by atoms with E-state index in [2.05, 4.69) is 263 Å². The number of nitrogens with zero attached hydrogens (tertiary/aromatic N) is 4. The molecule has 0 saturated carbocycles. The summed E-state index contributed by atoms with van der Waals surface area (Å²) >= 11 is 0. The minimum atomic E-state index is -0.232. The summed E-state index contributed by atoms with van der Waals surface area (Å²) in [6, 6.07) is 59.5. The molecule has 0 radical (unpaired) electrons. The summed E-state index contributed by atoms with van der Waals surface area (Å²) in [7, 11) is 0. The van der Waals surface area contributed by atoms with Gasteiger partial charge in [0.2, 0.25) is 0 Å². The molecule has 8 aromatic rings. The fraction of sp³-hybridized carbons (Fsp3) is 0.290. The van der Waals surface area contributed by atoms with Crippen LogP contribution in [0.4, 0.5) is 11.4 Å². The summed E-state index contributed by atoms with van der Waals surface area (Å²) in [5.74, 6) is 2.08. The van der Waals surface area contributed by atoms with E-state index >= 15 is 0 Å². The number of rotatable bonds is 9. The number of hydrogen-bond donors (Lipinski definition) is 0. The van der Waals surface area contributed by atoms with Crippen molar-refractivity contribution in [2.45, 2.75) is 106 Å². The van der Waals surface area contributed by atoms with Crippen molar-refractivity contribution in [1.82, 2.24) is 9.55 Å². The number of hydrogen-bond acceptors (Lipinski definition) is 4. The minimum absolute atomic E-state index is 0. The van der Waals surface area contributed by atoms with Crippen LogP contribution < -0.4 is 14.5 Å². The number of anilines is 2. The molecule has 9 rings (SSSR count). The third kappa shape index (κ3) is 9.07. The fourth-order valence-electron chi connectivity index (χ4n) is 9.72. The normalized spacial score (nSPS) is 14.0. The van der Waals surface area contributed by atoms with Crippen LogP contribution in [-0.2, 0) is 37.3 Å². The first-order valence-corrected chi connectivity index (χ1v) is 23.7. The Balaban J connectivity index is 0.00000625. The van der Waals surface area contributed by atoms with E-state index in [0.717, 1.165) is 44.6 Å². The van der Waals surface area contributed by atoms with Crippen LogP contribution in [0.25, 0.3) is 27.6 Å². The molecule has 1 aliphatic heterocycles. The van der Waals surface area contributed by atoms with E-state index < -0.39 is 0 Å². The first-order valence-electron chi connectivity index (χ1n) is 23.7. The Kier molecular flexibility index (Phi) is 12.8. The van der Waals surface area contributed by atoms with Crippen molar-refractivity contribution in [3.63, 3.8) is 0 Å². The van der Waals surface area contributed by atoms with Gasteiger partial charge in [-0.3, -0.25) is 0 Å². The van der Waals surface area contributed by atoms with E-state index in [4.69, 9.17) is 9.72 Å². The van der Waals surface area contributed by atoms with Crippen LogP contribution in [0.5, 0.6) is 11.5 Å². The zero-order valence-electron chi connectivity index (χ0n) is 42.0. The molecule has 0 N–H and O–H groups in total. The average molecular weight is 1080 g/mol. The Morgan fingerprint density at radius 1 is 0.471 bits per heavy atom. The quantitative estimate of drug-likeness (QED) is 0.135. The van der Waals surface area contributed by atoms with Gasteiger partial charge >= 0.3 is 0 Å². The van der Waals surface area contributed by atoms with E-state index in [9.17, 15) is 0 Å². The standard InChI is InChI=1S/C62H65N4O.Pt/c1-58(2,3)46-36-48(65-41-64(56(59(4,5)6)57(65)60(7,8)9)47-28-22-27-44(35-47)61(10,11)42-23-16-14-17-24-42)39-50(37-46)67-49-31-32-52-51-29-20-21-30-53(51)66(54(52)40-49)55-38-45(33-34-63-55)62(12,13)43-25-18-15-19-26-43;/h14-38,41H,1-13H3;/q-3;. The molecule has 0 saturated heterocycles. The van der Waals surface area contributed by atoms with Crippen molar-refractivity contribution in [3.8, 4) is 17.3 Å². The van der Waals surface area contributed by atoms with Crippen LogP contribution in [0.2, 0.25) is 0 Å². The molecule has 0 spiro atoms. The maximum atomic E-state index is 6.95. The second-order valence-corrected chi connectivity index (χ2v) is 22.4. The number of aromatic nitrogens is 2. The van der Waals surface area contributed by atoms with Crippen LogP contribution in [0.3, 0.4) is 0 Å². The maximum absolute atomic E-state index is 6.95. The van der Waals surface area contributed by atoms with E-state index in [0.29, 0.717) is 11.5 Å². The summed E-state index contributed by atoms with van der Waals surface area (Å²) in [6.07, 6.45) is 1.93. The monoisotopic (exact) mass is 1080 g/mol. The molecule has 0 amide bonds. The molecule has 0 aliphatic carbocycles. The SMILES string of the molecule is CC(C)(C)C1=C(C(C)(C)C)N(c2cccc(C(C)(C)c3ccccc3)c2)[CH-]N1c1[c-]c(Oc2[c-]c3c(cc2)c2ccccc2n3-c2cc(C(C)(C)c3ccccc3)ccn2)cc(C(C)(C)C)c1.[Pt]. The summed E-state index contributed by atoms with van der Waals surface area (Å²) < 4.78 is 9.18. The van der Waals surface area contributed by atoms with Gasteiger partial charge in [-0.15, -0.1) is 53.6 Å². The Bertz CT molecular complexity index is 3140. The molecule has 5 nitrogen and oxygen atoms in total. The van der Waals surface area contributed by atoms with Crippen molar-refractivity contribution in [2.75, 3.05) is 9.80 Å². The topological polar surface area (TPSA) is 33.5 Å². The Labute approximate surface area is 420 Å². The van der Waals surface area contributed by atoms with Crippen LogP contribution in [0.1, 0.15) is 118 Å². The van der Waals surface area contributed by atoms with E-state index in [1.165, 1.54) is 33.6 Å².